The minimum absolute atomic E-state index is 0.103. The zero-order valence-corrected chi connectivity index (χ0v) is 12.1. The third-order valence-corrected chi connectivity index (χ3v) is 3.18. The second-order valence-corrected chi connectivity index (χ2v) is 4.58. The highest BCUT2D eigenvalue weighted by Crippen LogP contribution is 2.26. The third kappa shape index (κ3) is 3.38. The molecule has 0 aliphatic rings. The van der Waals surface area contributed by atoms with Gasteiger partial charge in [-0.2, -0.15) is 0 Å². The predicted molar refractivity (Wildman–Crippen MR) is 79.5 cm³/mol. The normalized spacial score (nSPS) is 12.1. The second kappa shape index (κ2) is 6.85. The number of hydrogen-bond acceptors (Lipinski definition) is 5. The first-order chi connectivity index (χ1) is 10.1. The van der Waals surface area contributed by atoms with Gasteiger partial charge in [0.05, 0.1) is 24.8 Å². The van der Waals surface area contributed by atoms with Crippen LogP contribution in [-0.4, -0.2) is 40.7 Å². The van der Waals surface area contributed by atoms with Gasteiger partial charge in [0.2, 0.25) is 5.91 Å². The van der Waals surface area contributed by atoms with Crippen molar-refractivity contribution in [2.75, 3.05) is 26.0 Å². The van der Waals surface area contributed by atoms with Crippen LogP contribution in [0.5, 0.6) is 0 Å². The Morgan fingerprint density at radius 3 is 3.10 bits per heavy atom. The molecular formula is C14H19N5O2. The van der Waals surface area contributed by atoms with Gasteiger partial charge in [0, 0.05) is 25.4 Å². The Morgan fingerprint density at radius 1 is 1.57 bits per heavy atom. The van der Waals surface area contributed by atoms with Crippen LogP contribution in [0, 0.1) is 0 Å². The standard InChI is InChI=1S/C14H19N5O2/c1-10(14(20)18-6-7-21-2)19-9-16-8-12(19)11-4-3-5-17-13(11)15/h3-5,8-10H,6-7H2,1-2H3,(H2,15,17)(H,18,20). The quantitative estimate of drug-likeness (QED) is 0.769. The highest BCUT2D eigenvalue weighted by molar-refractivity contribution is 5.81. The molecule has 1 amide bonds. The lowest BCUT2D eigenvalue weighted by atomic mass is 10.2. The van der Waals surface area contributed by atoms with Crippen molar-refractivity contribution in [1.82, 2.24) is 19.9 Å². The maximum atomic E-state index is 12.1. The first-order valence-corrected chi connectivity index (χ1v) is 6.64. The van der Waals surface area contributed by atoms with Gasteiger partial charge in [-0.25, -0.2) is 9.97 Å². The van der Waals surface area contributed by atoms with Crippen molar-refractivity contribution < 1.29 is 9.53 Å². The Labute approximate surface area is 123 Å². The number of nitrogens with zero attached hydrogens (tertiary/aromatic N) is 3. The molecule has 7 nitrogen and oxygen atoms in total. The molecule has 0 fully saturated rings. The molecule has 1 unspecified atom stereocenters. The van der Waals surface area contributed by atoms with Crippen LogP contribution in [0.2, 0.25) is 0 Å². The predicted octanol–water partition coefficient (Wildman–Crippen LogP) is 0.851. The number of aromatic nitrogens is 3. The monoisotopic (exact) mass is 289 g/mol. The van der Waals surface area contributed by atoms with E-state index < -0.39 is 6.04 Å². The lowest BCUT2D eigenvalue weighted by Gasteiger charge is -2.17. The molecule has 0 saturated carbocycles. The van der Waals surface area contributed by atoms with Crippen molar-refractivity contribution in [2.24, 2.45) is 0 Å². The van der Waals surface area contributed by atoms with E-state index >= 15 is 0 Å². The SMILES string of the molecule is COCCNC(=O)C(C)n1cncc1-c1cccnc1N. The Kier molecular flexibility index (Phi) is 4.89. The first-order valence-electron chi connectivity index (χ1n) is 6.64. The van der Waals surface area contributed by atoms with Crippen LogP contribution in [0.3, 0.4) is 0 Å². The summed E-state index contributed by atoms with van der Waals surface area (Å²) in [6, 6.07) is 3.25. The lowest BCUT2D eigenvalue weighted by molar-refractivity contribution is -0.124. The van der Waals surface area contributed by atoms with Crippen LogP contribution in [0.15, 0.2) is 30.9 Å². The molecule has 3 N–H and O–H groups in total. The van der Waals surface area contributed by atoms with E-state index in [2.05, 4.69) is 15.3 Å². The van der Waals surface area contributed by atoms with Crippen molar-refractivity contribution >= 4 is 11.7 Å². The topological polar surface area (TPSA) is 95.1 Å². The molecule has 7 heteroatoms. The van der Waals surface area contributed by atoms with Crippen molar-refractivity contribution in [2.45, 2.75) is 13.0 Å². The summed E-state index contributed by atoms with van der Waals surface area (Å²) in [5, 5.41) is 2.81. The molecule has 112 valence electrons. The highest BCUT2D eigenvalue weighted by Gasteiger charge is 2.19. The summed E-state index contributed by atoms with van der Waals surface area (Å²) in [5.41, 5.74) is 7.40. The highest BCUT2D eigenvalue weighted by atomic mass is 16.5. The van der Waals surface area contributed by atoms with E-state index in [0.29, 0.717) is 19.0 Å². The number of methoxy groups -OCH3 is 1. The zero-order chi connectivity index (χ0) is 15.2. The van der Waals surface area contributed by atoms with E-state index in [1.165, 1.54) is 0 Å². The van der Waals surface area contributed by atoms with Gasteiger partial charge in [0.25, 0.3) is 0 Å². The van der Waals surface area contributed by atoms with Crippen molar-refractivity contribution in [3.05, 3.63) is 30.9 Å². The molecule has 0 aliphatic heterocycles. The van der Waals surface area contributed by atoms with Crippen molar-refractivity contribution in [3.8, 4) is 11.3 Å². The summed E-state index contributed by atoms with van der Waals surface area (Å²) in [5.74, 6) is 0.306. The molecule has 2 heterocycles. The molecule has 2 aromatic heterocycles. The Balaban J connectivity index is 2.20. The number of nitrogen functional groups attached to an aromatic ring is 1. The van der Waals surface area contributed by atoms with Gasteiger partial charge in [-0.3, -0.25) is 4.79 Å². The van der Waals surface area contributed by atoms with Gasteiger partial charge in [-0.1, -0.05) is 0 Å². The Morgan fingerprint density at radius 2 is 2.38 bits per heavy atom. The summed E-state index contributed by atoms with van der Waals surface area (Å²) in [6.45, 7) is 2.75. The summed E-state index contributed by atoms with van der Waals surface area (Å²) >= 11 is 0. The minimum Gasteiger partial charge on any atom is -0.383 e. The van der Waals surface area contributed by atoms with Crippen LogP contribution in [0.4, 0.5) is 5.82 Å². The number of amides is 1. The summed E-state index contributed by atoms with van der Waals surface area (Å²) in [7, 11) is 1.59. The average Bonchev–Trinajstić information content (AvgIpc) is 2.96. The first kappa shape index (κ1) is 15.0. The fourth-order valence-corrected chi connectivity index (χ4v) is 2.01. The molecule has 0 radical (unpaired) electrons. The molecule has 0 aromatic carbocycles. The lowest BCUT2D eigenvalue weighted by Crippen LogP contribution is -2.33. The van der Waals surface area contributed by atoms with E-state index in [0.717, 1.165) is 11.3 Å². The molecular weight excluding hydrogens is 270 g/mol. The van der Waals surface area contributed by atoms with Crippen LogP contribution in [0.25, 0.3) is 11.3 Å². The van der Waals surface area contributed by atoms with E-state index in [1.807, 2.05) is 6.07 Å². The molecule has 2 aromatic rings. The average molecular weight is 289 g/mol. The largest absolute Gasteiger partial charge is 0.383 e. The Bertz CT molecular complexity index is 611. The summed E-state index contributed by atoms with van der Waals surface area (Å²) in [4.78, 5) is 20.3. The molecule has 1 atom stereocenters. The molecule has 0 saturated heterocycles. The molecule has 2 rings (SSSR count). The molecule has 0 aliphatic carbocycles. The van der Waals surface area contributed by atoms with Gasteiger partial charge in [-0.05, 0) is 19.1 Å². The number of rotatable bonds is 6. The Hall–Kier alpha value is -2.41. The smallest absolute Gasteiger partial charge is 0.242 e. The van der Waals surface area contributed by atoms with Gasteiger partial charge >= 0.3 is 0 Å². The van der Waals surface area contributed by atoms with Crippen LogP contribution < -0.4 is 11.1 Å². The number of ether oxygens (including phenoxy) is 1. The zero-order valence-electron chi connectivity index (χ0n) is 12.1. The maximum absolute atomic E-state index is 12.1. The molecule has 0 spiro atoms. The third-order valence-electron chi connectivity index (χ3n) is 3.18. The molecule has 0 bridgehead atoms. The van der Waals surface area contributed by atoms with E-state index in [1.54, 1.807) is 43.4 Å². The fraction of sp³-hybridized carbons (Fsp3) is 0.357. The summed E-state index contributed by atoms with van der Waals surface area (Å²) < 4.78 is 6.69. The number of hydrogen-bond donors (Lipinski definition) is 2. The number of carbonyl (C=O) groups excluding carboxylic acids is 1. The molecule has 21 heavy (non-hydrogen) atoms. The van der Waals surface area contributed by atoms with Crippen LogP contribution in [0.1, 0.15) is 13.0 Å². The van der Waals surface area contributed by atoms with Crippen LogP contribution >= 0.6 is 0 Å². The number of imidazole rings is 1. The van der Waals surface area contributed by atoms with Gasteiger partial charge in [0.15, 0.2) is 0 Å². The maximum Gasteiger partial charge on any atom is 0.242 e. The fourth-order valence-electron chi connectivity index (χ4n) is 2.01. The van der Waals surface area contributed by atoms with Crippen molar-refractivity contribution in [1.29, 1.82) is 0 Å². The number of anilines is 1. The van der Waals surface area contributed by atoms with E-state index in [9.17, 15) is 4.79 Å². The van der Waals surface area contributed by atoms with E-state index in [-0.39, 0.29) is 5.91 Å². The van der Waals surface area contributed by atoms with E-state index in [4.69, 9.17) is 10.5 Å². The number of nitrogens with two attached hydrogens (primary N) is 1. The van der Waals surface area contributed by atoms with Crippen LogP contribution in [-0.2, 0) is 9.53 Å². The number of carbonyl (C=O) groups is 1. The number of nitrogens with one attached hydrogen (secondary N) is 1. The van der Waals surface area contributed by atoms with Gasteiger partial charge in [-0.15, -0.1) is 0 Å². The van der Waals surface area contributed by atoms with Gasteiger partial charge < -0.3 is 20.4 Å². The second-order valence-electron chi connectivity index (χ2n) is 4.58. The minimum atomic E-state index is -0.404. The van der Waals surface area contributed by atoms with Gasteiger partial charge in [0.1, 0.15) is 11.9 Å². The number of pyridine rings is 1. The summed E-state index contributed by atoms with van der Waals surface area (Å²) in [6.07, 6.45) is 4.91. The van der Waals surface area contributed by atoms with Crippen molar-refractivity contribution in [3.63, 3.8) is 0 Å².